The van der Waals surface area contributed by atoms with Crippen LogP contribution in [0.25, 0.3) is 0 Å². The predicted molar refractivity (Wildman–Crippen MR) is 63.9 cm³/mol. The smallest absolute Gasteiger partial charge is 0.0662 e. The molecular formula is C12H17NS. The Morgan fingerprint density at radius 3 is 2.71 bits per heavy atom. The largest absolute Gasteiger partial charge is 0.393 e. The summed E-state index contributed by atoms with van der Waals surface area (Å²) in [4.78, 5) is 0. The summed E-state index contributed by atoms with van der Waals surface area (Å²) in [7, 11) is 0. The van der Waals surface area contributed by atoms with Crippen molar-refractivity contribution in [1.82, 2.24) is 0 Å². The monoisotopic (exact) mass is 207 g/mol. The van der Waals surface area contributed by atoms with Crippen LogP contribution in [0.4, 0.5) is 0 Å². The van der Waals surface area contributed by atoms with Crippen LogP contribution in [-0.4, -0.2) is 0 Å². The molecule has 0 aromatic carbocycles. The molecule has 0 amide bonds. The molecule has 2 N–H and O–H groups in total. The number of thiol groups is 1. The second-order valence-electron chi connectivity index (χ2n) is 4.45. The molecule has 2 atom stereocenters. The fraction of sp³-hybridized carbons (Fsp3) is 0.500. The van der Waals surface area contributed by atoms with Crippen LogP contribution in [0.5, 0.6) is 0 Å². The summed E-state index contributed by atoms with van der Waals surface area (Å²) in [6.07, 6.45) is 6.06. The molecule has 0 heterocycles. The molecule has 76 valence electrons. The normalized spacial score (nSPS) is 36.6. The van der Waals surface area contributed by atoms with E-state index in [2.05, 4.69) is 25.3 Å². The fourth-order valence-corrected chi connectivity index (χ4v) is 3.11. The lowest BCUT2D eigenvalue weighted by Gasteiger charge is -2.18. The number of hydrogen-bond acceptors (Lipinski definition) is 2. The summed E-state index contributed by atoms with van der Waals surface area (Å²) < 4.78 is 0. The zero-order valence-corrected chi connectivity index (χ0v) is 9.48. The van der Waals surface area contributed by atoms with Gasteiger partial charge in [-0.15, -0.1) is 12.6 Å². The average molecular weight is 207 g/mol. The third-order valence-electron chi connectivity index (χ3n) is 3.27. The van der Waals surface area contributed by atoms with Crippen molar-refractivity contribution in [2.45, 2.75) is 26.2 Å². The molecule has 0 spiro atoms. The minimum Gasteiger partial charge on any atom is -0.393 e. The van der Waals surface area contributed by atoms with Crippen molar-refractivity contribution in [3.63, 3.8) is 0 Å². The van der Waals surface area contributed by atoms with Gasteiger partial charge in [0.05, 0.1) is 5.03 Å². The quantitative estimate of drug-likeness (QED) is 0.635. The number of rotatable bonds is 1. The number of fused-ring (bicyclic) bond motifs is 2. The molecule has 0 saturated heterocycles. The Morgan fingerprint density at radius 2 is 2.14 bits per heavy atom. The minimum absolute atomic E-state index is 0.670. The van der Waals surface area contributed by atoms with Gasteiger partial charge in [0.2, 0.25) is 0 Å². The molecule has 2 rings (SSSR count). The highest BCUT2D eigenvalue weighted by molar-refractivity contribution is 7.84. The SMILES string of the molecule is C=C(C)/C=C1\C(=C(\N)S)C2CCC1C2. The second-order valence-corrected chi connectivity index (χ2v) is 4.93. The highest BCUT2D eigenvalue weighted by Gasteiger charge is 2.40. The van der Waals surface area contributed by atoms with Crippen LogP contribution < -0.4 is 5.73 Å². The molecule has 2 aliphatic carbocycles. The lowest BCUT2D eigenvalue weighted by molar-refractivity contribution is 0.651. The van der Waals surface area contributed by atoms with Gasteiger partial charge < -0.3 is 5.73 Å². The zero-order valence-electron chi connectivity index (χ0n) is 8.59. The lowest BCUT2D eigenvalue weighted by Crippen LogP contribution is -2.08. The third kappa shape index (κ3) is 1.52. The molecular weight excluding hydrogens is 190 g/mol. The van der Waals surface area contributed by atoms with Crippen molar-refractivity contribution in [3.8, 4) is 0 Å². The van der Waals surface area contributed by atoms with Crippen LogP contribution >= 0.6 is 12.6 Å². The molecule has 0 aliphatic heterocycles. The first kappa shape index (κ1) is 9.91. The van der Waals surface area contributed by atoms with Crippen molar-refractivity contribution in [3.05, 3.63) is 34.4 Å². The standard InChI is InChI=1S/C12H17NS/c1-7(2)5-10-8-3-4-9(6-8)11(10)12(13)14/h5,8-9,14H,1,3-4,6,13H2,2H3/b10-5-,12-11-. The van der Waals surface area contributed by atoms with Crippen LogP contribution in [0.3, 0.4) is 0 Å². The summed E-state index contributed by atoms with van der Waals surface area (Å²) in [5.74, 6) is 1.39. The van der Waals surface area contributed by atoms with Crippen LogP contribution in [0.1, 0.15) is 26.2 Å². The van der Waals surface area contributed by atoms with E-state index >= 15 is 0 Å². The van der Waals surface area contributed by atoms with Crippen LogP contribution in [0.15, 0.2) is 34.4 Å². The topological polar surface area (TPSA) is 26.0 Å². The van der Waals surface area contributed by atoms with Gasteiger partial charge in [0, 0.05) is 0 Å². The Morgan fingerprint density at radius 1 is 1.50 bits per heavy atom. The maximum atomic E-state index is 5.82. The predicted octanol–water partition coefficient (Wildman–Crippen LogP) is 3.02. The number of hydrogen-bond donors (Lipinski definition) is 2. The molecule has 1 nitrogen and oxygen atoms in total. The van der Waals surface area contributed by atoms with Crippen LogP contribution in [-0.2, 0) is 0 Å². The summed E-state index contributed by atoms with van der Waals surface area (Å²) in [6.45, 7) is 5.96. The van der Waals surface area contributed by atoms with Gasteiger partial charge in [-0.3, -0.25) is 0 Å². The molecule has 0 radical (unpaired) electrons. The van der Waals surface area contributed by atoms with Gasteiger partial charge in [0.25, 0.3) is 0 Å². The Bertz CT molecular complexity index is 334. The van der Waals surface area contributed by atoms with E-state index < -0.39 is 0 Å². The zero-order chi connectivity index (χ0) is 10.3. The van der Waals surface area contributed by atoms with Crippen molar-refractivity contribution in [1.29, 1.82) is 0 Å². The van der Waals surface area contributed by atoms with E-state index in [1.165, 1.54) is 30.4 Å². The maximum absolute atomic E-state index is 5.82. The maximum Gasteiger partial charge on any atom is 0.0662 e. The Kier molecular flexibility index (Phi) is 2.48. The first-order valence-electron chi connectivity index (χ1n) is 5.15. The van der Waals surface area contributed by atoms with E-state index in [1.807, 2.05) is 6.92 Å². The highest BCUT2D eigenvalue weighted by Crippen LogP contribution is 2.52. The fourth-order valence-electron chi connectivity index (χ4n) is 2.80. The summed E-state index contributed by atoms with van der Waals surface area (Å²) in [5.41, 5.74) is 9.64. The van der Waals surface area contributed by atoms with Crippen LogP contribution in [0, 0.1) is 11.8 Å². The number of allylic oxidation sites excluding steroid dienone is 4. The van der Waals surface area contributed by atoms with Gasteiger partial charge in [-0.25, -0.2) is 0 Å². The summed E-state index contributed by atoms with van der Waals surface area (Å²) in [5, 5.41) is 0.713. The molecule has 2 fully saturated rings. The van der Waals surface area contributed by atoms with Crippen molar-refractivity contribution in [2.24, 2.45) is 17.6 Å². The van der Waals surface area contributed by atoms with Gasteiger partial charge >= 0.3 is 0 Å². The molecule has 2 aliphatic rings. The average Bonchev–Trinajstić information content (AvgIpc) is 2.61. The molecule has 0 aromatic heterocycles. The summed E-state index contributed by atoms with van der Waals surface area (Å²) in [6, 6.07) is 0. The van der Waals surface area contributed by atoms with Gasteiger partial charge in [0.1, 0.15) is 0 Å². The summed E-state index contributed by atoms with van der Waals surface area (Å²) >= 11 is 4.30. The first-order valence-corrected chi connectivity index (χ1v) is 5.60. The van der Waals surface area contributed by atoms with E-state index in [1.54, 1.807) is 0 Å². The molecule has 14 heavy (non-hydrogen) atoms. The van der Waals surface area contributed by atoms with Gasteiger partial charge in [-0.2, -0.15) is 0 Å². The van der Waals surface area contributed by atoms with Crippen molar-refractivity contribution < 1.29 is 0 Å². The van der Waals surface area contributed by atoms with Crippen molar-refractivity contribution in [2.75, 3.05) is 0 Å². The van der Waals surface area contributed by atoms with E-state index in [9.17, 15) is 0 Å². The van der Waals surface area contributed by atoms with E-state index in [4.69, 9.17) is 5.73 Å². The molecule has 2 heteroatoms. The minimum atomic E-state index is 0.670. The Balaban J connectivity index is 2.41. The first-order chi connectivity index (χ1) is 6.59. The van der Waals surface area contributed by atoms with Crippen molar-refractivity contribution >= 4 is 12.6 Å². The van der Waals surface area contributed by atoms with E-state index in [0.29, 0.717) is 10.9 Å². The van der Waals surface area contributed by atoms with Gasteiger partial charge in [-0.1, -0.05) is 18.2 Å². The Hall–Kier alpha value is -0.630. The Labute approximate surface area is 91.2 Å². The van der Waals surface area contributed by atoms with Gasteiger partial charge in [0.15, 0.2) is 0 Å². The molecule has 2 unspecified atom stereocenters. The van der Waals surface area contributed by atoms with E-state index in [-0.39, 0.29) is 0 Å². The molecule has 2 bridgehead atoms. The lowest BCUT2D eigenvalue weighted by atomic mass is 9.89. The van der Waals surface area contributed by atoms with Gasteiger partial charge in [-0.05, 0) is 49.2 Å². The van der Waals surface area contributed by atoms with E-state index in [0.717, 1.165) is 11.5 Å². The third-order valence-corrected chi connectivity index (χ3v) is 3.51. The molecule has 0 aromatic rings. The second kappa shape index (κ2) is 3.50. The number of nitrogens with two attached hydrogens (primary N) is 1. The molecule has 2 saturated carbocycles. The highest BCUT2D eigenvalue weighted by atomic mass is 32.1. The van der Waals surface area contributed by atoms with Crippen LogP contribution in [0.2, 0.25) is 0 Å².